The molecule has 2 rings (SSSR count). The lowest BCUT2D eigenvalue weighted by molar-refractivity contribution is -0.122. The summed E-state index contributed by atoms with van der Waals surface area (Å²) in [6, 6.07) is 4.70. The second-order valence-corrected chi connectivity index (χ2v) is 4.74. The van der Waals surface area contributed by atoms with Gasteiger partial charge in [0.05, 0.1) is 6.04 Å². The average Bonchev–Trinajstić information content (AvgIpc) is 2.81. The number of amides is 1. The largest absolute Gasteiger partial charge is 0.348 e. The Kier molecular flexibility index (Phi) is 4.62. The molecule has 1 N–H and O–H groups in total. The molecule has 2 aromatic rings. The topological polar surface area (TPSA) is 59.8 Å². The predicted molar refractivity (Wildman–Crippen MR) is 72.7 cm³/mol. The van der Waals surface area contributed by atoms with Crippen LogP contribution in [0.2, 0.25) is 0 Å². The molecule has 112 valence electrons. The van der Waals surface area contributed by atoms with Crippen LogP contribution in [-0.2, 0) is 11.3 Å². The fourth-order valence-corrected chi connectivity index (χ4v) is 1.94. The number of alkyl halides is 2. The minimum Gasteiger partial charge on any atom is -0.348 e. The number of aryl methyl sites for hydroxylation is 1. The Balaban J connectivity index is 1.99. The molecule has 0 saturated carbocycles. The Bertz CT molecular complexity index is 613. The lowest BCUT2D eigenvalue weighted by Gasteiger charge is -2.14. The first kappa shape index (κ1) is 15.1. The highest BCUT2D eigenvalue weighted by Gasteiger charge is 2.16. The summed E-state index contributed by atoms with van der Waals surface area (Å²) in [5, 5.41) is 6.51. The zero-order valence-electron chi connectivity index (χ0n) is 11.8. The van der Waals surface area contributed by atoms with Gasteiger partial charge in [-0.15, -0.1) is 0 Å². The van der Waals surface area contributed by atoms with Gasteiger partial charge in [-0.2, -0.15) is 5.10 Å². The molecule has 0 aliphatic carbocycles. The highest BCUT2D eigenvalue weighted by molar-refractivity contribution is 5.76. The minimum atomic E-state index is -2.64. The van der Waals surface area contributed by atoms with Crippen molar-refractivity contribution in [2.75, 3.05) is 0 Å². The number of nitrogens with one attached hydrogen (secondary N) is 1. The fourth-order valence-electron chi connectivity index (χ4n) is 1.94. The summed E-state index contributed by atoms with van der Waals surface area (Å²) >= 11 is 0. The van der Waals surface area contributed by atoms with Gasteiger partial charge in [-0.3, -0.25) is 14.5 Å². The van der Waals surface area contributed by atoms with Crippen molar-refractivity contribution >= 4 is 5.91 Å². The summed E-state index contributed by atoms with van der Waals surface area (Å²) in [6.45, 7) is 3.37. The molecule has 0 unspecified atom stereocenters. The molecular weight excluding hydrogens is 278 g/mol. The van der Waals surface area contributed by atoms with Crippen LogP contribution in [0.25, 0.3) is 0 Å². The smallest absolute Gasteiger partial charge is 0.282 e. The summed E-state index contributed by atoms with van der Waals surface area (Å²) in [5.74, 6) is -0.293. The van der Waals surface area contributed by atoms with Gasteiger partial charge in [-0.1, -0.05) is 6.07 Å². The zero-order valence-corrected chi connectivity index (χ0v) is 11.8. The molecule has 0 spiro atoms. The van der Waals surface area contributed by atoms with E-state index in [0.717, 1.165) is 5.56 Å². The van der Waals surface area contributed by atoms with E-state index in [0.29, 0.717) is 5.69 Å². The van der Waals surface area contributed by atoms with Crippen molar-refractivity contribution < 1.29 is 13.6 Å². The monoisotopic (exact) mass is 294 g/mol. The van der Waals surface area contributed by atoms with E-state index in [2.05, 4.69) is 15.4 Å². The Morgan fingerprint density at radius 2 is 2.24 bits per heavy atom. The highest BCUT2D eigenvalue weighted by atomic mass is 19.3. The third kappa shape index (κ3) is 3.84. The summed E-state index contributed by atoms with van der Waals surface area (Å²) in [6.07, 6.45) is 0.679. The number of carbonyl (C=O) groups excluding carboxylic acids is 1. The van der Waals surface area contributed by atoms with Crippen molar-refractivity contribution in [2.24, 2.45) is 0 Å². The molecule has 0 saturated heterocycles. The molecule has 0 fully saturated rings. The lowest BCUT2D eigenvalue weighted by atomic mass is 10.1. The maximum absolute atomic E-state index is 12.5. The van der Waals surface area contributed by atoms with Gasteiger partial charge in [0, 0.05) is 18.1 Å². The van der Waals surface area contributed by atoms with Gasteiger partial charge in [0.1, 0.15) is 12.2 Å². The molecular formula is C14H16F2N4O. The van der Waals surface area contributed by atoms with E-state index in [9.17, 15) is 13.6 Å². The molecule has 0 aliphatic rings. The third-order valence-electron chi connectivity index (χ3n) is 3.08. The first-order chi connectivity index (χ1) is 9.97. The number of pyridine rings is 1. The molecule has 0 aromatic carbocycles. The van der Waals surface area contributed by atoms with Crippen molar-refractivity contribution in [3.05, 3.63) is 47.5 Å². The van der Waals surface area contributed by atoms with Crippen LogP contribution in [-0.4, -0.2) is 20.7 Å². The van der Waals surface area contributed by atoms with Gasteiger partial charge >= 0.3 is 0 Å². The van der Waals surface area contributed by atoms with Crippen molar-refractivity contribution in [3.63, 3.8) is 0 Å². The van der Waals surface area contributed by atoms with Gasteiger partial charge in [-0.05, 0) is 31.5 Å². The van der Waals surface area contributed by atoms with E-state index in [-0.39, 0.29) is 24.2 Å². The van der Waals surface area contributed by atoms with Crippen LogP contribution in [0.3, 0.4) is 0 Å². The number of carbonyl (C=O) groups is 1. The van der Waals surface area contributed by atoms with E-state index < -0.39 is 6.43 Å². The molecule has 7 heteroatoms. The van der Waals surface area contributed by atoms with Gasteiger partial charge < -0.3 is 5.32 Å². The standard InChI is InChI=1S/C14H16F2N4O/c1-9-6-12(14(15)16)19-20(9)8-13(21)18-10(2)11-4-3-5-17-7-11/h3-7,10,14H,8H2,1-2H3,(H,18,21)/t10-/m0/s1. The predicted octanol–water partition coefficient (Wildman–Crippen LogP) is 2.40. The minimum absolute atomic E-state index is 0.0941. The van der Waals surface area contributed by atoms with E-state index in [4.69, 9.17) is 0 Å². The highest BCUT2D eigenvalue weighted by Crippen LogP contribution is 2.18. The quantitative estimate of drug-likeness (QED) is 0.921. The van der Waals surface area contributed by atoms with Crippen molar-refractivity contribution in [3.8, 4) is 0 Å². The van der Waals surface area contributed by atoms with E-state index in [1.54, 1.807) is 25.4 Å². The number of aromatic nitrogens is 3. The summed E-state index contributed by atoms with van der Waals surface area (Å²) in [7, 11) is 0. The van der Waals surface area contributed by atoms with Crippen LogP contribution < -0.4 is 5.32 Å². The average molecular weight is 294 g/mol. The zero-order chi connectivity index (χ0) is 15.4. The lowest BCUT2D eigenvalue weighted by Crippen LogP contribution is -2.30. The molecule has 2 heterocycles. The number of hydrogen-bond donors (Lipinski definition) is 1. The Hall–Kier alpha value is -2.31. The first-order valence-corrected chi connectivity index (χ1v) is 6.49. The fraction of sp³-hybridized carbons (Fsp3) is 0.357. The molecule has 2 aromatic heterocycles. The van der Waals surface area contributed by atoms with Crippen molar-refractivity contribution in [2.45, 2.75) is 32.9 Å². The first-order valence-electron chi connectivity index (χ1n) is 6.49. The van der Waals surface area contributed by atoms with Crippen LogP contribution in [0.1, 0.15) is 36.3 Å². The van der Waals surface area contributed by atoms with Gasteiger partial charge in [0.2, 0.25) is 5.91 Å². The second kappa shape index (κ2) is 6.43. The van der Waals surface area contributed by atoms with Gasteiger partial charge in [-0.25, -0.2) is 8.78 Å². The molecule has 5 nitrogen and oxygen atoms in total. The van der Waals surface area contributed by atoms with Crippen LogP contribution in [0.5, 0.6) is 0 Å². The Labute approximate surface area is 121 Å². The Morgan fingerprint density at radius 3 is 2.81 bits per heavy atom. The molecule has 21 heavy (non-hydrogen) atoms. The SMILES string of the molecule is Cc1cc(C(F)F)nn1CC(=O)N[C@@H](C)c1cccnc1. The molecule has 0 bridgehead atoms. The van der Waals surface area contributed by atoms with Crippen LogP contribution in [0.4, 0.5) is 8.78 Å². The summed E-state index contributed by atoms with van der Waals surface area (Å²) in [4.78, 5) is 15.9. The maximum Gasteiger partial charge on any atom is 0.282 e. The van der Waals surface area contributed by atoms with Gasteiger partial charge in [0.15, 0.2) is 0 Å². The number of hydrogen-bond acceptors (Lipinski definition) is 3. The number of rotatable bonds is 5. The van der Waals surface area contributed by atoms with E-state index in [1.807, 2.05) is 13.0 Å². The number of nitrogens with zero attached hydrogens (tertiary/aromatic N) is 3. The van der Waals surface area contributed by atoms with Crippen LogP contribution in [0, 0.1) is 6.92 Å². The van der Waals surface area contributed by atoms with Gasteiger partial charge in [0.25, 0.3) is 6.43 Å². The normalized spacial score (nSPS) is 12.4. The number of halogens is 2. The Morgan fingerprint density at radius 1 is 1.48 bits per heavy atom. The summed E-state index contributed by atoms with van der Waals surface area (Å²) < 4.78 is 26.4. The second-order valence-electron chi connectivity index (χ2n) is 4.74. The van der Waals surface area contributed by atoms with Crippen LogP contribution in [0.15, 0.2) is 30.6 Å². The summed E-state index contributed by atoms with van der Waals surface area (Å²) in [5.41, 5.74) is 1.08. The van der Waals surface area contributed by atoms with Crippen molar-refractivity contribution in [1.29, 1.82) is 0 Å². The molecule has 0 radical (unpaired) electrons. The third-order valence-corrected chi connectivity index (χ3v) is 3.08. The molecule has 1 atom stereocenters. The molecule has 0 aliphatic heterocycles. The molecule has 1 amide bonds. The van der Waals surface area contributed by atoms with E-state index >= 15 is 0 Å². The van der Waals surface area contributed by atoms with E-state index in [1.165, 1.54) is 10.7 Å². The van der Waals surface area contributed by atoms with Crippen molar-refractivity contribution in [1.82, 2.24) is 20.1 Å². The maximum atomic E-state index is 12.5. The van der Waals surface area contributed by atoms with Crippen LogP contribution >= 0.6 is 0 Å².